The SMILES string of the molecule is O=C1C2CCCCC2C(=O)N1C(CCCN1CCCCC1)n1nnc2ccccc21. The maximum absolute atomic E-state index is 13.3. The van der Waals surface area contributed by atoms with Gasteiger partial charge in [0.15, 0.2) is 0 Å². The second kappa shape index (κ2) is 8.46. The van der Waals surface area contributed by atoms with Gasteiger partial charge in [-0.25, -0.2) is 4.68 Å². The standard InChI is InChI=1S/C23H31N5O2/c29-22-17-9-2-3-10-18(17)23(30)27(22)21(13-8-16-26-14-6-1-7-15-26)28-20-12-5-4-11-19(20)24-25-28/h4-5,11-12,17-18,21H,1-3,6-10,13-16H2. The largest absolute Gasteiger partial charge is 0.303 e. The topological polar surface area (TPSA) is 71.3 Å². The van der Waals surface area contributed by atoms with E-state index in [2.05, 4.69) is 15.2 Å². The van der Waals surface area contributed by atoms with Gasteiger partial charge < -0.3 is 4.90 Å². The first kappa shape index (κ1) is 19.7. The maximum Gasteiger partial charge on any atom is 0.234 e. The summed E-state index contributed by atoms with van der Waals surface area (Å²) in [5, 5.41) is 8.70. The molecule has 1 aromatic heterocycles. The average molecular weight is 410 g/mol. The van der Waals surface area contributed by atoms with E-state index in [4.69, 9.17) is 0 Å². The molecular weight excluding hydrogens is 378 g/mol. The molecule has 0 spiro atoms. The van der Waals surface area contributed by atoms with Crippen LogP contribution in [0.4, 0.5) is 0 Å². The first-order valence-electron chi connectivity index (χ1n) is 11.6. The molecular formula is C23H31N5O2. The van der Waals surface area contributed by atoms with Crippen molar-refractivity contribution in [2.75, 3.05) is 19.6 Å². The van der Waals surface area contributed by atoms with E-state index in [1.807, 2.05) is 28.9 Å². The molecule has 3 atom stereocenters. The zero-order chi connectivity index (χ0) is 20.5. The molecule has 5 rings (SSSR count). The van der Waals surface area contributed by atoms with Crippen molar-refractivity contribution in [2.45, 2.75) is 64.0 Å². The summed E-state index contributed by atoms with van der Waals surface area (Å²) in [7, 11) is 0. The summed E-state index contributed by atoms with van der Waals surface area (Å²) < 4.78 is 1.82. The number of hydrogen-bond donors (Lipinski definition) is 0. The number of likely N-dealkylation sites (tertiary alicyclic amines) is 2. The monoisotopic (exact) mass is 409 g/mol. The lowest BCUT2D eigenvalue weighted by molar-refractivity contribution is -0.145. The van der Waals surface area contributed by atoms with Crippen molar-refractivity contribution >= 4 is 22.8 Å². The molecule has 2 saturated heterocycles. The van der Waals surface area contributed by atoms with Gasteiger partial charge in [0.1, 0.15) is 11.7 Å². The Hall–Kier alpha value is -2.28. The Labute approximate surface area is 177 Å². The van der Waals surface area contributed by atoms with Gasteiger partial charge in [-0.15, -0.1) is 5.10 Å². The van der Waals surface area contributed by atoms with Crippen LogP contribution in [0.25, 0.3) is 11.0 Å². The zero-order valence-corrected chi connectivity index (χ0v) is 17.6. The molecule has 0 N–H and O–H groups in total. The molecule has 0 radical (unpaired) electrons. The van der Waals surface area contributed by atoms with Gasteiger partial charge in [-0.1, -0.05) is 36.6 Å². The minimum Gasteiger partial charge on any atom is -0.303 e. The fourth-order valence-corrected chi connectivity index (χ4v) is 5.63. The molecule has 3 unspecified atom stereocenters. The Balaban J connectivity index is 1.42. The Morgan fingerprint density at radius 1 is 0.933 bits per heavy atom. The van der Waals surface area contributed by atoms with Crippen LogP contribution >= 0.6 is 0 Å². The van der Waals surface area contributed by atoms with Crippen molar-refractivity contribution in [1.29, 1.82) is 0 Å². The van der Waals surface area contributed by atoms with Crippen molar-refractivity contribution < 1.29 is 9.59 Å². The predicted molar refractivity (Wildman–Crippen MR) is 113 cm³/mol. The van der Waals surface area contributed by atoms with E-state index in [0.717, 1.165) is 69.2 Å². The molecule has 160 valence electrons. The van der Waals surface area contributed by atoms with Crippen molar-refractivity contribution in [3.63, 3.8) is 0 Å². The highest BCUT2D eigenvalue weighted by atomic mass is 16.2. The lowest BCUT2D eigenvalue weighted by Gasteiger charge is -2.30. The third-order valence-corrected chi connectivity index (χ3v) is 7.22. The summed E-state index contributed by atoms with van der Waals surface area (Å²) in [5.41, 5.74) is 1.69. The van der Waals surface area contributed by atoms with Crippen LogP contribution in [0, 0.1) is 11.8 Å². The zero-order valence-electron chi connectivity index (χ0n) is 17.6. The van der Waals surface area contributed by atoms with Crippen LogP contribution in [-0.2, 0) is 9.59 Å². The smallest absolute Gasteiger partial charge is 0.234 e. The van der Waals surface area contributed by atoms with E-state index >= 15 is 0 Å². The summed E-state index contributed by atoms with van der Waals surface area (Å²) in [6.07, 6.45) is 8.89. The highest BCUT2D eigenvalue weighted by molar-refractivity contribution is 6.05. The minimum atomic E-state index is -0.382. The van der Waals surface area contributed by atoms with Crippen molar-refractivity contribution in [2.24, 2.45) is 11.8 Å². The molecule has 2 amide bonds. The van der Waals surface area contributed by atoms with Crippen molar-refractivity contribution in [3.8, 4) is 0 Å². The summed E-state index contributed by atoms with van der Waals surface area (Å²) >= 11 is 0. The Kier molecular flexibility index (Phi) is 5.54. The number of fused-ring (bicyclic) bond motifs is 2. The van der Waals surface area contributed by atoms with Gasteiger partial charge in [-0.05, 0) is 70.3 Å². The molecule has 3 fully saturated rings. The molecule has 1 aliphatic carbocycles. The second-order valence-corrected chi connectivity index (χ2v) is 9.09. The van der Waals surface area contributed by atoms with E-state index in [-0.39, 0.29) is 29.8 Å². The van der Waals surface area contributed by atoms with Crippen LogP contribution in [0.3, 0.4) is 0 Å². The van der Waals surface area contributed by atoms with Crippen LogP contribution in [0.15, 0.2) is 24.3 Å². The highest BCUT2D eigenvalue weighted by Gasteiger charge is 2.51. The molecule has 1 saturated carbocycles. The predicted octanol–water partition coefficient (Wildman–Crippen LogP) is 3.37. The van der Waals surface area contributed by atoms with E-state index in [1.54, 1.807) is 4.90 Å². The second-order valence-electron chi connectivity index (χ2n) is 9.09. The lowest BCUT2D eigenvalue weighted by atomic mass is 9.81. The number of aromatic nitrogens is 3. The van der Waals surface area contributed by atoms with Gasteiger partial charge in [-0.2, -0.15) is 0 Å². The molecule has 30 heavy (non-hydrogen) atoms. The van der Waals surface area contributed by atoms with Crippen LogP contribution in [-0.4, -0.2) is 56.2 Å². The van der Waals surface area contributed by atoms with Crippen LogP contribution < -0.4 is 0 Å². The number of amides is 2. The van der Waals surface area contributed by atoms with Crippen LogP contribution in [0.1, 0.15) is 64.0 Å². The van der Waals surface area contributed by atoms with Gasteiger partial charge >= 0.3 is 0 Å². The first-order valence-corrected chi connectivity index (χ1v) is 11.6. The number of benzene rings is 1. The van der Waals surface area contributed by atoms with Gasteiger partial charge in [0, 0.05) is 0 Å². The number of rotatable bonds is 6. The normalized spacial score (nSPS) is 26.3. The third-order valence-electron chi connectivity index (χ3n) is 7.22. The molecule has 0 bridgehead atoms. The fraction of sp³-hybridized carbons (Fsp3) is 0.652. The van der Waals surface area contributed by atoms with E-state index in [0.29, 0.717) is 0 Å². The van der Waals surface area contributed by atoms with E-state index in [1.165, 1.54) is 19.3 Å². The van der Waals surface area contributed by atoms with Gasteiger partial charge in [0.2, 0.25) is 11.8 Å². The molecule has 2 aliphatic heterocycles. The molecule has 7 heteroatoms. The number of carbonyl (C=O) groups is 2. The van der Waals surface area contributed by atoms with Gasteiger partial charge in [-0.3, -0.25) is 14.5 Å². The van der Waals surface area contributed by atoms with Crippen molar-refractivity contribution in [3.05, 3.63) is 24.3 Å². The quantitative estimate of drug-likeness (QED) is 0.684. The number of nitrogens with zero attached hydrogens (tertiary/aromatic N) is 5. The summed E-state index contributed by atoms with van der Waals surface area (Å²) in [6, 6.07) is 7.80. The number of imide groups is 1. The molecule has 7 nitrogen and oxygen atoms in total. The van der Waals surface area contributed by atoms with Crippen molar-refractivity contribution in [1.82, 2.24) is 24.8 Å². The summed E-state index contributed by atoms with van der Waals surface area (Å²) in [4.78, 5) is 30.7. The first-order chi connectivity index (χ1) is 14.7. The molecule has 3 aliphatic rings. The summed E-state index contributed by atoms with van der Waals surface area (Å²) in [5.74, 6) is -0.254. The summed E-state index contributed by atoms with van der Waals surface area (Å²) in [6.45, 7) is 3.32. The van der Waals surface area contributed by atoms with Gasteiger partial charge in [0.25, 0.3) is 0 Å². The molecule has 1 aromatic carbocycles. The van der Waals surface area contributed by atoms with Gasteiger partial charge in [0.05, 0.1) is 17.4 Å². The number of piperidine rings is 1. The third kappa shape index (κ3) is 3.53. The number of hydrogen-bond acceptors (Lipinski definition) is 5. The van der Waals surface area contributed by atoms with Crippen LogP contribution in [0.5, 0.6) is 0 Å². The minimum absolute atomic E-state index is 0.00672. The fourth-order valence-electron chi connectivity index (χ4n) is 5.63. The van der Waals surface area contributed by atoms with E-state index in [9.17, 15) is 9.59 Å². The molecule has 3 heterocycles. The molecule has 2 aromatic rings. The van der Waals surface area contributed by atoms with Crippen LogP contribution in [0.2, 0.25) is 0 Å². The number of para-hydroxylation sites is 1. The Bertz CT molecular complexity index is 895. The average Bonchev–Trinajstić information content (AvgIpc) is 3.32. The Morgan fingerprint density at radius 2 is 1.63 bits per heavy atom. The lowest BCUT2D eigenvalue weighted by Crippen LogP contribution is -2.39. The number of carbonyl (C=O) groups excluding carboxylic acids is 2. The highest BCUT2D eigenvalue weighted by Crippen LogP contribution is 2.41. The maximum atomic E-state index is 13.3. The van der Waals surface area contributed by atoms with E-state index < -0.39 is 0 Å². The Morgan fingerprint density at radius 3 is 2.37 bits per heavy atom.